The quantitative estimate of drug-likeness (QED) is 0.604. The molecule has 1 fully saturated rings. The first-order valence-corrected chi connectivity index (χ1v) is 10.1. The van der Waals surface area contributed by atoms with E-state index < -0.39 is 0 Å². The van der Waals surface area contributed by atoms with E-state index in [4.69, 9.17) is 0 Å². The van der Waals surface area contributed by atoms with Crippen molar-refractivity contribution < 1.29 is 4.39 Å². The molecule has 0 atom stereocenters. The van der Waals surface area contributed by atoms with Gasteiger partial charge >= 0.3 is 0 Å². The molecule has 0 amide bonds. The van der Waals surface area contributed by atoms with Gasteiger partial charge in [0, 0.05) is 24.0 Å². The van der Waals surface area contributed by atoms with Crippen LogP contribution in [0.25, 0.3) is 11.4 Å². The largest absolute Gasteiger partial charge is 0.299 e. The van der Waals surface area contributed by atoms with Gasteiger partial charge in [-0.15, -0.1) is 10.2 Å². The van der Waals surface area contributed by atoms with E-state index in [0.717, 1.165) is 24.2 Å². The normalized spacial score (nSPS) is 15.2. The zero-order chi connectivity index (χ0) is 18.6. The number of rotatable bonds is 5. The predicted octanol–water partition coefficient (Wildman–Crippen LogP) is 4.49. The minimum Gasteiger partial charge on any atom is -0.299 e. The van der Waals surface area contributed by atoms with E-state index in [-0.39, 0.29) is 5.82 Å². The van der Waals surface area contributed by atoms with E-state index in [1.807, 2.05) is 19.1 Å². The van der Waals surface area contributed by atoms with Crippen LogP contribution >= 0.6 is 11.8 Å². The maximum Gasteiger partial charge on any atom is 0.198 e. The Bertz CT molecular complexity index is 908. The second-order valence-electron chi connectivity index (χ2n) is 6.60. The topological polar surface area (TPSA) is 69.4 Å². The highest BCUT2D eigenvalue weighted by molar-refractivity contribution is 7.99. The molecule has 0 bridgehead atoms. The summed E-state index contributed by atoms with van der Waals surface area (Å²) in [6, 6.07) is 4.17. The fourth-order valence-electron chi connectivity index (χ4n) is 3.50. The first-order chi connectivity index (χ1) is 13.3. The Hall–Kier alpha value is -2.35. The third kappa shape index (κ3) is 3.71. The van der Waals surface area contributed by atoms with Crippen molar-refractivity contribution in [3.05, 3.63) is 42.4 Å². The second-order valence-corrected chi connectivity index (χ2v) is 7.55. The monoisotopic (exact) mass is 384 g/mol. The standard InChI is InChI=1S/C19H21FN6S/c1-2-15-16(20)18(23-12-22-15)27-19-25-24-17(13-8-10-21-11-9-13)26(19)14-6-4-3-5-7-14/h8-12,14H,2-7H2,1H3. The summed E-state index contributed by atoms with van der Waals surface area (Å²) in [6.07, 6.45) is 11.2. The van der Waals surface area contributed by atoms with Gasteiger partial charge in [0.1, 0.15) is 11.4 Å². The Morgan fingerprint density at radius 1 is 1.11 bits per heavy atom. The lowest BCUT2D eigenvalue weighted by atomic mass is 9.95. The van der Waals surface area contributed by atoms with Gasteiger partial charge in [0.15, 0.2) is 16.8 Å². The molecule has 140 valence electrons. The third-order valence-corrected chi connectivity index (χ3v) is 5.83. The van der Waals surface area contributed by atoms with Gasteiger partial charge < -0.3 is 0 Å². The van der Waals surface area contributed by atoms with Crippen molar-refractivity contribution in [2.45, 2.75) is 61.7 Å². The molecular weight excluding hydrogens is 363 g/mol. The molecule has 0 unspecified atom stereocenters. The lowest BCUT2D eigenvalue weighted by Gasteiger charge is -2.25. The van der Waals surface area contributed by atoms with Crippen LogP contribution in [0.5, 0.6) is 0 Å². The second kappa shape index (κ2) is 8.12. The van der Waals surface area contributed by atoms with Crippen molar-refractivity contribution in [3.63, 3.8) is 0 Å². The molecule has 27 heavy (non-hydrogen) atoms. The number of pyridine rings is 1. The summed E-state index contributed by atoms with van der Waals surface area (Å²) < 4.78 is 16.8. The molecule has 1 aliphatic rings. The van der Waals surface area contributed by atoms with Crippen molar-refractivity contribution in [1.29, 1.82) is 0 Å². The number of aromatic nitrogens is 6. The molecule has 0 aromatic carbocycles. The first kappa shape index (κ1) is 18.0. The summed E-state index contributed by atoms with van der Waals surface area (Å²) in [5, 5.41) is 9.79. The van der Waals surface area contributed by atoms with Gasteiger partial charge in [-0.3, -0.25) is 9.55 Å². The average Bonchev–Trinajstić information content (AvgIpc) is 3.14. The van der Waals surface area contributed by atoms with Crippen molar-refractivity contribution in [2.75, 3.05) is 0 Å². The summed E-state index contributed by atoms with van der Waals surface area (Å²) in [6.45, 7) is 1.88. The van der Waals surface area contributed by atoms with Crippen LogP contribution in [-0.2, 0) is 6.42 Å². The number of hydrogen-bond acceptors (Lipinski definition) is 6. The van der Waals surface area contributed by atoms with Crippen LogP contribution in [0.3, 0.4) is 0 Å². The molecule has 0 radical (unpaired) electrons. The van der Waals surface area contributed by atoms with E-state index in [9.17, 15) is 4.39 Å². The summed E-state index contributed by atoms with van der Waals surface area (Å²) in [4.78, 5) is 12.2. The zero-order valence-electron chi connectivity index (χ0n) is 15.2. The highest BCUT2D eigenvalue weighted by Crippen LogP contribution is 2.37. The maximum atomic E-state index is 14.7. The van der Waals surface area contributed by atoms with Crippen LogP contribution in [0.4, 0.5) is 4.39 Å². The van der Waals surface area contributed by atoms with Crippen LogP contribution in [0.2, 0.25) is 0 Å². The highest BCUT2D eigenvalue weighted by Gasteiger charge is 2.25. The third-order valence-electron chi connectivity index (χ3n) is 4.90. The Kier molecular flexibility index (Phi) is 5.42. The zero-order valence-corrected chi connectivity index (χ0v) is 16.0. The van der Waals surface area contributed by atoms with E-state index in [1.165, 1.54) is 37.4 Å². The fourth-order valence-corrected chi connectivity index (χ4v) is 4.40. The SMILES string of the molecule is CCc1ncnc(Sc2nnc(-c3ccncc3)n2C2CCCCC2)c1F. The van der Waals surface area contributed by atoms with E-state index in [2.05, 4.69) is 29.7 Å². The van der Waals surface area contributed by atoms with Gasteiger partial charge in [-0.1, -0.05) is 26.2 Å². The Labute approximate surface area is 161 Å². The lowest BCUT2D eigenvalue weighted by Crippen LogP contribution is -2.15. The van der Waals surface area contributed by atoms with Crippen molar-refractivity contribution in [3.8, 4) is 11.4 Å². The molecule has 3 aromatic heterocycles. The van der Waals surface area contributed by atoms with Gasteiger partial charge in [0.2, 0.25) is 0 Å². The van der Waals surface area contributed by atoms with Crippen molar-refractivity contribution >= 4 is 11.8 Å². The molecule has 6 nitrogen and oxygen atoms in total. The lowest BCUT2D eigenvalue weighted by molar-refractivity contribution is 0.339. The van der Waals surface area contributed by atoms with Crippen molar-refractivity contribution in [1.82, 2.24) is 29.7 Å². The molecule has 3 aromatic rings. The Morgan fingerprint density at radius 3 is 2.63 bits per heavy atom. The Morgan fingerprint density at radius 2 is 1.89 bits per heavy atom. The summed E-state index contributed by atoms with van der Waals surface area (Å²) >= 11 is 1.23. The molecule has 0 N–H and O–H groups in total. The van der Waals surface area contributed by atoms with Crippen molar-refractivity contribution in [2.24, 2.45) is 0 Å². The molecule has 0 spiro atoms. The van der Waals surface area contributed by atoms with Crippen LogP contribution in [0.1, 0.15) is 50.8 Å². The molecule has 0 saturated heterocycles. The summed E-state index contributed by atoms with van der Waals surface area (Å²) in [5.41, 5.74) is 1.39. The minimum atomic E-state index is -0.367. The number of nitrogens with zero attached hydrogens (tertiary/aromatic N) is 6. The molecule has 3 heterocycles. The number of hydrogen-bond donors (Lipinski definition) is 0. The van der Waals surface area contributed by atoms with Crippen LogP contribution in [0, 0.1) is 5.82 Å². The van der Waals surface area contributed by atoms with Gasteiger partial charge in [-0.2, -0.15) is 0 Å². The first-order valence-electron chi connectivity index (χ1n) is 9.30. The molecule has 1 aliphatic carbocycles. The molecule has 0 aliphatic heterocycles. The van der Waals surface area contributed by atoms with Gasteiger partial charge in [0.05, 0.1) is 5.69 Å². The van der Waals surface area contributed by atoms with E-state index in [0.29, 0.717) is 28.3 Å². The molecule has 8 heteroatoms. The average molecular weight is 384 g/mol. The smallest absolute Gasteiger partial charge is 0.198 e. The predicted molar refractivity (Wildman–Crippen MR) is 101 cm³/mol. The van der Waals surface area contributed by atoms with E-state index in [1.54, 1.807) is 12.4 Å². The fraction of sp³-hybridized carbons (Fsp3) is 0.421. The number of halogens is 1. The highest BCUT2D eigenvalue weighted by atomic mass is 32.2. The maximum absolute atomic E-state index is 14.7. The number of aryl methyl sites for hydroxylation is 1. The Balaban J connectivity index is 1.75. The molecular formula is C19H21FN6S. The summed E-state index contributed by atoms with van der Waals surface area (Å²) in [5.74, 6) is 0.436. The molecule has 1 saturated carbocycles. The van der Waals surface area contributed by atoms with Crippen LogP contribution < -0.4 is 0 Å². The van der Waals surface area contributed by atoms with Crippen LogP contribution in [0.15, 0.2) is 41.0 Å². The van der Waals surface area contributed by atoms with Crippen LogP contribution in [-0.4, -0.2) is 29.7 Å². The van der Waals surface area contributed by atoms with Gasteiger partial charge in [-0.25, -0.2) is 14.4 Å². The van der Waals surface area contributed by atoms with E-state index >= 15 is 0 Å². The molecule has 4 rings (SSSR count). The van der Waals surface area contributed by atoms with Gasteiger partial charge in [0.25, 0.3) is 0 Å². The minimum absolute atomic E-state index is 0.299. The summed E-state index contributed by atoms with van der Waals surface area (Å²) in [7, 11) is 0. The van der Waals surface area contributed by atoms with Gasteiger partial charge in [-0.05, 0) is 43.2 Å².